The Morgan fingerprint density at radius 3 is 2.35 bits per heavy atom. The van der Waals surface area contributed by atoms with Crippen LogP contribution in [0.2, 0.25) is 5.02 Å². The molecule has 0 atom stereocenters. The van der Waals surface area contributed by atoms with Gasteiger partial charge in [0.1, 0.15) is 0 Å². The largest absolute Gasteiger partial charge is 0.389 e. The van der Waals surface area contributed by atoms with Crippen molar-refractivity contribution in [2.24, 2.45) is 0 Å². The number of benzene rings is 1. The van der Waals surface area contributed by atoms with Crippen LogP contribution in [-0.4, -0.2) is 25.7 Å². The summed E-state index contributed by atoms with van der Waals surface area (Å²) in [6.07, 6.45) is 2.24. The van der Waals surface area contributed by atoms with Gasteiger partial charge in [-0.1, -0.05) is 11.6 Å². The second-order valence-electron chi connectivity index (χ2n) is 4.36. The van der Waals surface area contributed by atoms with Crippen molar-refractivity contribution < 1.29 is 13.5 Å². The Labute approximate surface area is 106 Å². The van der Waals surface area contributed by atoms with E-state index in [4.69, 9.17) is 11.6 Å². The molecule has 2 N–H and O–H groups in total. The molecule has 1 saturated carbocycles. The fourth-order valence-electron chi connectivity index (χ4n) is 1.69. The summed E-state index contributed by atoms with van der Waals surface area (Å²) in [6, 6.07) is 5.92. The van der Waals surface area contributed by atoms with E-state index in [1.54, 1.807) is 0 Å². The van der Waals surface area contributed by atoms with Crippen molar-refractivity contribution in [3.05, 3.63) is 29.3 Å². The summed E-state index contributed by atoms with van der Waals surface area (Å²) in [6.45, 7) is 0.0674. The number of rotatable bonds is 4. The third kappa shape index (κ3) is 2.98. The molecule has 0 aliphatic heterocycles. The van der Waals surface area contributed by atoms with Crippen molar-refractivity contribution in [3.63, 3.8) is 0 Å². The van der Waals surface area contributed by atoms with Crippen LogP contribution in [0.1, 0.15) is 19.3 Å². The molecule has 1 aliphatic rings. The van der Waals surface area contributed by atoms with Gasteiger partial charge in [0, 0.05) is 11.6 Å². The first-order chi connectivity index (χ1) is 7.91. The molecule has 0 radical (unpaired) electrons. The second-order valence-corrected chi connectivity index (χ2v) is 6.56. The number of nitrogens with one attached hydrogen (secondary N) is 1. The maximum Gasteiger partial charge on any atom is 0.240 e. The minimum Gasteiger partial charge on any atom is -0.389 e. The first kappa shape index (κ1) is 12.8. The normalized spacial score (nSPS) is 18.7. The van der Waals surface area contributed by atoms with E-state index in [0.29, 0.717) is 17.9 Å². The van der Waals surface area contributed by atoms with Gasteiger partial charge in [0.2, 0.25) is 10.0 Å². The summed E-state index contributed by atoms with van der Waals surface area (Å²) in [5.74, 6) is 0. The van der Waals surface area contributed by atoms with Crippen LogP contribution in [-0.2, 0) is 10.0 Å². The van der Waals surface area contributed by atoms with E-state index >= 15 is 0 Å². The minimum absolute atomic E-state index is 0.0674. The summed E-state index contributed by atoms with van der Waals surface area (Å²) in [7, 11) is -3.56. The van der Waals surface area contributed by atoms with Crippen LogP contribution in [0.25, 0.3) is 0 Å². The fourth-order valence-corrected chi connectivity index (χ4v) is 2.93. The Hall–Kier alpha value is -0.620. The number of sulfonamides is 1. The Kier molecular flexibility index (Phi) is 3.45. The van der Waals surface area contributed by atoms with Crippen LogP contribution in [0.4, 0.5) is 0 Å². The zero-order chi connectivity index (χ0) is 12.5. The summed E-state index contributed by atoms with van der Waals surface area (Å²) in [4.78, 5) is 0.157. The number of aliphatic hydroxyl groups is 1. The highest BCUT2D eigenvalue weighted by atomic mass is 35.5. The Balaban J connectivity index is 2.06. The molecule has 1 fully saturated rings. The Bertz CT molecular complexity index is 494. The average Bonchev–Trinajstić information content (AvgIpc) is 2.24. The molecule has 0 unspecified atom stereocenters. The third-order valence-corrected chi connectivity index (χ3v) is 4.67. The highest BCUT2D eigenvalue weighted by molar-refractivity contribution is 7.89. The summed E-state index contributed by atoms with van der Waals surface area (Å²) < 4.78 is 26.1. The van der Waals surface area contributed by atoms with Crippen LogP contribution in [0.3, 0.4) is 0 Å². The van der Waals surface area contributed by atoms with E-state index < -0.39 is 15.6 Å². The van der Waals surface area contributed by atoms with Crippen molar-refractivity contribution in [3.8, 4) is 0 Å². The molecule has 6 heteroatoms. The first-order valence-electron chi connectivity index (χ1n) is 5.39. The molecule has 0 heterocycles. The third-order valence-electron chi connectivity index (χ3n) is 3.00. The topological polar surface area (TPSA) is 66.4 Å². The zero-order valence-electron chi connectivity index (χ0n) is 9.19. The molecular weight excluding hydrogens is 262 g/mol. The van der Waals surface area contributed by atoms with E-state index in [9.17, 15) is 13.5 Å². The van der Waals surface area contributed by atoms with E-state index in [1.807, 2.05) is 0 Å². The molecule has 2 rings (SSSR count). The predicted octanol–water partition coefficient (Wildman–Crippen LogP) is 1.53. The average molecular weight is 276 g/mol. The maximum atomic E-state index is 11.9. The lowest BCUT2D eigenvalue weighted by molar-refractivity contribution is -0.0270. The summed E-state index contributed by atoms with van der Waals surface area (Å²) in [5, 5.41) is 10.3. The molecule has 0 spiro atoms. The molecule has 17 heavy (non-hydrogen) atoms. The van der Waals surface area contributed by atoms with Crippen molar-refractivity contribution in [1.82, 2.24) is 4.72 Å². The zero-order valence-corrected chi connectivity index (χ0v) is 10.8. The van der Waals surface area contributed by atoms with Crippen LogP contribution < -0.4 is 4.72 Å². The highest BCUT2D eigenvalue weighted by Gasteiger charge is 2.35. The van der Waals surface area contributed by atoms with Gasteiger partial charge in [-0.3, -0.25) is 0 Å². The van der Waals surface area contributed by atoms with Gasteiger partial charge in [-0.05, 0) is 43.5 Å². The standard InChI is InChI=1S/C11H14ClNO3S/c12-9-2-4-10(5-3-9)17(15,16)13-8-11(14)6-1-7-11/h2-5,13-14H,1,6-8H2. The van der Waals surface area contributed by atoms with Crippen LogP contribution >= 0.6 is 11.6 Å². The summed E-state index contributed by atoms with van der Waals surface area (Å²) >= 11 is 5.69. The van der Waals surface area contributed by atoms with Gasteiger partial charge in [-0.15, -0.1) is 0 Å². The maximum absolute atomic E-state index is 11.9. The van der Waals surface area contributed by atoms with Gasteiger partial charge in [-0.2, -0.15) is 0 Å². The lowest BCUT2D eigenvalue weighted by Crippen LogP contribution is -2.47. The van der Waals surface area contributed by atoms with E-state index in [-0.39, 0.29) is 11.4 Å². The van der Waals surface area contributed by atoms with Crippen molar-refractivity contribution >= 4 is 21.6 Å². The number of hydrogen-bond donors (Lipinski definition) is 2. The van der Waals surface area contributed by atoms with Gasteiger partial charge in [0.05, 0.1) is 10.5 Å². The van der Waals surface area contributed by atoms with Crippen LogP contribution in [0.15, 0.2) is 29.2 Å². The van der Waals surface area contributed by atoms with Crippen LogP contribution in [0, 0.1) is 0 Å². The molecule has 1 aliphatic carbocycles. The molecule has 1 aromatic rings. The fraction of sp³-hybridized carbons (Fsp3) is 0.455. The van der Waals surface area contributed by atoms with Gasteiger partial charge < -0.3 is 5.11 Å². The number of halogens is 1. The minimum atomic E-state index is -3.56. The van der Waals surface area contributed by atoms with Crippen molar-refractivity contribution in [1.29, 1.82) is 0 Å². The number of hydrogen-bond acceptors (Lipinski definition) is 3. The predicted molar refractivity (Wildman–Crippen MR) is 65.4 cm³/mol. The lowest BCUT2D eigenvalue weighted by atomic mass is 9.81. The Morgan fingerprint density at radius 1 is 1.29 bits per heavy atom. The SMILES string of the molecule is O=S(=O)(NCC1(O)CCC1)c1ccc(Cl)cc1. The van der Waals surface area contributed by atoms with Gasteiger partial charge >= 0.3 is 0 Å². The molecule has 0 aromatic heterocycles. The van der Waals surface area contributed by atoms with Crippen molar-refractivity contribution in [2.75, 3.05) is 6.54 Å². The second kappa shape index (κ2) is 4.57. The molecule has 1 aromatic carbocycles. The van der Waals surface area contributed by atoms with Gasteiger partial charge in [-0.25, -0.2) is 13.1 Å². The van der Waals surface area contributed by atoms with Gasteiger partial charge in [0.15, 0.2) is 0 Å². The highest BCUT2D eigenvalue weighted by Crippen LogP contribution is 2.31. The molecular formula is C11H14ClNO3S. The van der Waals surface area contributed by atoms with E-state index in [1.165, 1.54) is 24.3 Å². The molecule has 0 saturated heterocycles. The van der Waals surface area contributed by atoms with Crippen molar-refractivity contribution in [2.45, 2.75) is 29.8 Å². The molecule has 0 bridgehead atoms. The monoisotopic (exact) mass is 275 g/mol. The molecule has 94 valence electrons. The molecule has 4 nitrogen and oxygen atoms in total. The summed E-state index contributed by atoms with van der Waals surface area (Å²) in [5.41, 5.74) is -0.862. The lowest BCUT2D eigenvalue weighted by Gasteiger charge is -2.36. The quantitative estimate of drug-likeness (QED) is 0.876. The molecule has 0 amide bonds. The smallest absolute Gasteiger partial charge is 0.240 e. The van der Waals surface area contributed by atoms with Gasteiger partial charge in [0.25, 0.3) is 0 Å². The Morgan fingerprint density at radius 2 is 1.88 bits per heavy atom. The van der Waals surface area contributed by atoms with E-state index in [0.717, 1.165) is 6.42 Å². The van der Waals surface area contributed by atoms with E-state index in [2.05, 4.69) is 4.72 Å². The first-order valence-corrected chi connectivity index (χ1v) is 7.25. The van der Waals surface area contributed by atoms with Crippen LogP contribution in [0.5, 0.6) is 0 Å².